The summed E-state index contributed by atoms with van der Waals surface area (Å²) < 4.78 is 0. The number of aryl methyl sites for hydroxylation is 1. The summed E-state index contributed by atoms with van der Waals surface area (Å²) in [4.78, 5) is 21.0. The van der Waals surface area contributed by atoms with Gasteiger partial charge < -0.3 is 20.2 Å². The van der Waals surface area contributed by atoms with E-state index in [2.05, 4.69) is 15.2 Å². The van der Waals surface area contributed by atoms with Crippen LogP contribution in [0.2, 0.25) is 0 Å². The quantitative estimate of drug-likeness (QED) is 0.889. The first-order chi connectivity index (χ1) is 11.5. The standard InChI is InChI=1S/C18H28N4O2/c1-13-15(8-9-17(19-13)22-10-3-4-11-22)20-18(24)21(2)12-14-6-5-7-16(14)23/h8-9,14,16,23H,3-7,10-12H2,1-2H3,(H,20,24). The number of rotatable bonds is 4. The summed E-state index contributed by atoms with van der Waals surface area (Å²) in [6.45, 7) is 4.64. The fraction of sp³-hybridized carbons (Fsp3) is 0.667. The maximum absolute atomic E-state index is 12.4. The lowest BCUT2D eigenvalue weighted by molar-refractivity contribution is 0.116. The molecule has 1 saturated carbocycles. The van der Waals surface area contributed by atoms with E-state index in [0.717, 1.165) is 49.6 Å². The van der Waals surface area contributed by atoms with Gasteiger partial charge in [-0.15, -0.1) is 0 Å². The third-order valence-corrected chi connectivity index (χ3v) is 5.22. The smallest absolute Gasteiger partial charge is 0.321 e. The van der Waals surface area contributed by atoms with Gasteiger partial charge in [0.25, 0.3) is 0 Å². The Balaban J connectivity index is 1.59. The zero-order valence-electron chi connectivity index (χ0n) is 14.7. The van der Waals surface area contributed by atoms with Crippen molar-refractivity contribution >= 4 is 17.5 Å². The zero-order valence-corrected chi connectivity index (χ0v) is 14.7. The van der Waals surface area contributed by atoms with Crippen LogP contribution >= 0.6 is 0 Å². The molecule has 132 valence electrons. The predicted octanol–water partition coefficient (Wildman–Crippen LogP) is 2.61. The molecule has 2 atom stereocenters. The Morgan fingerprint density at radius 1 is 1.33 bits per heavy atom. The molecule has 2 N–H and O–H groups in total. The van der Waals surface area contributed by atoms with E-state index >= 15 is 0 Å². The first kappa shape index (κ1) is 17.0. The molecule has 2 heterocycles. The highest BCUT2D eigenvalue weighted by molar-refractivity contribution is 5.89. The van der Waals surface area contributed by atoms with E-state index in [4.69, 9.17) is 0 Å². The van der Waals surface area contributed by atoms with Crippen LogP contribution in [0.15, 0.2) is 12.1 Å². The van der Waals surface area contributed by atoms with Gasteiger partial charge in [-0.2, -0.15) is 0 Å². The second kappa shape index (κ2) is 7.38. The number of hydrogen-bond acceptors (Lipinski definition) is 4. The molecule has 2 aliphatic rings. The Morgan fingerprint density at radius 2 is 2.08 bits per heavy atom. The highest BCUT2D eigenvalue weighted by Gasteiger charge is 2.27. The van der Waals surface area contributed by atoms with Gasteiger partial charge in [0.15, 0.2) is 0 Å². The van der Waals surface area contributed by atoms with Crippen molar-refractivity contribution in [3.63, 3.8) is 0 Å². The normalized spacial score (nSPS) is 23.5. The molecule has 1 aliphatic heterocycles. The number of hydrogen-bond donors (Lipinski definition) is 2. The molecule has 6 heteroatoms. The number of aliphatic hydroxyl groups excluding tert-OH is 1. The van der Waals surface area contributed by atoms with Crippen LogP contribution in [0.4, 0.5) is 16.3 Å². The molecular weight excluding hydrogens is 304 g/mol. The summed E-state index contributed by atoms with van der Waals surface area (Å²) >= 11 is 0. The maximum Gasteiger partial charge on any atom is 0.321 e. The largest absolute Gasteiger partial charge is 0.393 e. The van der Waals surface area contributed by atoms with Crippen molar-refractivity contribution in [2.75, 3.05) is 36.9 Å². The van der Waals surface area contributed by atoms with Crippen LogP contribution in [-0.2, 0) is 0 Å². The first-order valence-electron chi connectivity index (χ1n) is 8.97. The lowest BCUT2D eigenvalue weighted by atomic mass is 10.1. The fourth-order valence-corrected chi connectivity index (χ4v) is 3.68. The maximum atomic E-state index is 12.4. The van der Waals surface area contributed by atoms with Gasteiger partial charge in [-0.3, -0.25) is 0 Å². The average molecular weight is 332 g/mol. The third kappa shape index (κ3) is 3.80. The molecule has 2 unspecified atom stereocenters. The lowest BCUT2D eigenvalue weighted by Crippen LogP contribution is -2.37. The number of urea groups is 1. The number of carbonyl (C=O) groups is 1. The van der Waals surface area contributed by atoms with E-state index in [1.165, 1.54) is 12.8 Å². The molecule has 1 aromatic heterocycles. The number of aromatic nitrogens is 1. The molecule has 3 rings (SSSR count). The van der Waals surface area contributed by atoms with E-state index in [1.807, 2.05) is 19.1 Å². The van der Waals surface area contributed by atoms with Crippen LogP contribution < -0.4 is 10.2 Å². The number of aliphatic hydroxyl groups is 1. The average Bonchev–Trinajstić information content (AvgIpc) is 3.22. The Hall–Kier alpha value is -1.82. The van der Waals surface area contributed by atoms with Crippen molar-refractivity contribution in [2.45, 2.75) is 45.1 Å². The molecule has 6 nitrogen and oxygen atoms in total. The highest BCUT2D eigenvalue weighted by Crippen LogP contribution is 2.26. The minimum atomic E-state index is -0.275. The molecule has 1 saturated heterocycles. The molecule has 0 bridgehead atoms. The van der Waals surface area contributed by atoms with Crippen LogP contribution in [0.25, 0.3) is 0 Å². The van der Waals surface area contributed by atoms with Gasteiger partial charge in [0, 0.05) is 32.6 Å². The molecule has 1 aliphatic carbocycles. The van der Waals surface area contributed by atoms with Crippen LogP contribution in [-0.4, -0.2) is 53.8 Å². The van der Waals surface area contributed by atoms with Crippen LogP contribution in [0.1, 0.15) is 37.8 Å². The van der Waals surface area contributed by atoms with E-state index in [-0.39, 0.29) is 18.1 Å². The van der Waals surface area contributed by atoms with Gasteiger partial charge in [-0.25, -0.2) is 9.78 Å². The molecular formula is C18H28N4O2. The number of amides is 2. The van der Waals surface area contributed by atoms with Crippen molar-refractivity contribution in [2.24, 2.45) is 5.92 Å². The summed E-state index contributed by atoms with van der Waals surface area (Å²) in [6, 6.07) is 3.77. The minimum absolute atomic E-state index is 0.145. The summed E-state index contributed by atoms with van der Waals surface area (Å²) in [6.07, 6.45) is 5.05. The van der Waals surface area contributed by atoms with Crippen molar-refractivity contribution < 1.29 is 9.90 Å². The molecule has 0 radical (unpaired) electrons. The number of nitrogens with zero attached hydrogens (tertiary/aromatic N) is 3. The van der Waals surface area contributed by atoms with E-state index < -0.39 is 0 Å². The summed E-state index contributed by atoms with van der Waals surface area (Å²) in [5, 5.41) is 12.9. The summed E-state index contributed by atoms with van der Waals surface area (Å²) in [7, 11) is 1.78. The molecule has 1 aromatic rings. The number of pyridine rings is 1. The van der Waals surface area contributed by atoms with Gasteiger partial charge in [-0.1, -0.05) is 6.42 Å². The van der Waals surface area contributed by atoms with Crippen LogP contribution in [0.5, 0.6) is 0 Å². The third-order valence-electron chi connectivity index (χ3n) is 5.22. The van der Waals surface area contributed by atoms with E-state index in [1.54, 1.807) is 11.9 Å². The topological polar surface area (TPSA) is 68.7 Å². The molecule has 2 fully saturated rings. The Kier molecular flexibility index (Phi) is 5.23. The predicted molar refractivity (Wildman–Crippen MR) is 95.4 cm³/mol. The van der Waals surface area contributed by atoms with Gasteiger partial charge in [0.2, 0.25) is 0 Å². The van der Waals surface area contributed by atoms with E-state index in [0.29, 0.717) is 6.54 Å². The highest BCUT2D eigenvalue weighted by atomic mass is 16.3. The summed E-state index contributed by atoms with van der Waals surface area (Å²) in [5.41, 5.74) is 1.59. The van der Waals surface area contributed by atoms with Crippen molar-refractivity contribution in [1.29, 1.82) is 0 Å². The minimum Gasteiger partial charge on any atom is -0.393 e. The summed E-state index contributed by atoms with van der Waals surface area (Å²) in [5.74, 6) is 1.18. The molecule has 0 spiro atoms. The fourth-order valence-electron chi connectivity index (χ4n) is 3.68. The SMILES string of the molecule is Cc1nc(N2CCCC2)ccc1NC(=O)N(C)CC1CCCC1O. The second-order valence-electron chi connectivity index (χ2n) is 7.07. The van der Waals surface area contributed by atoms with Gasteiger partial charge in [-0.05, 0) is 44.7 Å². The van der Waals surface area contributed by atoms with Gasteiger partial charge in [0.05, 0.1) is 17.5 Å². The van der Waals surface area contributed by atoms with E-state index in [9.17, 15) is 9.90 Å². The lowest BCUT2D eigenvalue weighted by Gasteiger charge is -2.24. The van der Waals surface area contributed by atoms with Crippen LogP contribution in [0, 0.1) is 12.8 Å². The number of anilines is 2. The van der Waals surface area contributed by atoms with Crippen molar-refractivity contribution in [3.8, 4) is 0 Å². The molecule has 24 heavy (non-hydrogen) atoms. The van der Waals surface area contributed by atoms with Gasteiger partial charge in [0.1, 0.15) is 5.82 Å². The van der Waals surface area contributed by atoms with Crippen LogP contribution in [0.3, 0.4) is 0 Å². The second-order valence-corrected chi connectivity index (χ2v) is 7.07. The number of nitrogens with one attached hydrogen (secondary N) is 1. The Labute approximate surface area is 143 Å². The van der Waals surface area contributed by atoms with Gasteiger partial charge >= 0.3 is 6.03 Å². The zero-order chi connectivity index (χ0) is 17.1. The Morgan fingerprint density at radius 3 is 2.71 bits per heavy atom. The Bertz CT molecular complexity index is 586. The monoisotopic (exact) mass is 332 g/mol. The molecule has 0 aromatic carbocycles. The molecule has 2 amide bonds. The number of carbonyl (C=O) groups excluding carboxylic acids is 1. The first-order valence-corrected chi connectivity index (χ1v) is 8.97. The van der Waals surface area contributed by atoms with Crippen molar-refractivity contribution in [1.82, 2.24) is 9.88 Å². The van der Waals surface area contributed by atoms with Crippen molar-refractivity contribution in [3.05, 3.63) is 17.8 Å².